The molecule has 8 heteroatoms. The van der Waals surface area contributed by atoms with E-state index in [1.54, 1.807) is 19.2 Å². The lowest BCUT2D eigenvalue weighted by molar-refractivity contribution is 0.0699. The van der Waals surface area contributed by atoms with Crippen LogP contribution in [0.2, 0.25) is 0 Å². The second-order valence-electron chi connectivity index (χ2n) is 4.05. The molecule has 6 nitrogen and oxygen atoms in total. The molecule has 0 unspecified atom stereocenters. The summed E-state index contributed by atoms with van der Waals surface area (Å²) in [7, 11) is -1.94. The average molecular weight is 367 g/mol. The van der Waals surface area contributed by atoms with Crippen molar-refractivity contribution in [2.24, 2.45) is 0 Å². The van der Waals surface area contributed by atoms with Gasteiger partial charge in [0.25, 0.3) is 0 Å². The molecule has 0 aliphatic heterocycles. The summed E-state index contributed by atoms with van der Waals surface area (Å²) in [5.74, 6) is 0. The van der Waals surface area contributed by atoms with Crippen molar-refractivity contribution in [3.05, 3.63) is 22.7 Å². The molecule has 1 aromatic rings. The topological polar surface area (TPSA) is 90.6 Å². The quantitative estimate of drug-likeness (QED) is 0.508. The molecule has 1 rings (SSSR count). The van der Waals surface area contributed by atoms with Crippen LogP contribution in [0.4, 0.5) is 5.69 Å². The zero-order chi connectivity index (χ0) is 15.0. The summed E-state index contributed by atoms with van der Waals surface area (Å²) in [6, 6.07) is 4.58. The average Bonchev–Trinajstić information content (AvgIpc) is 2.37. The molecule has 0 aromatic heterocycles. The number of ether oxygens (including phenoxy) is 2. The molecule has 0 spiro atoms. The van der Waals surface area contributed by atoms with Gasteiger partial charge in [0, 0.05) is 30.4 Å². The minimum atomic E-state index is -3.54. The zero-order valence-corrected chi connectivity index (χ0v) is 13.7. The van der Waals surface area contributed by atoms with Crippen molar-refractivity contribution in [3.63, 3.8) is 0 Å². The van der Waals surface area contributed by atoms with E-state index in [2.05, 4.69) is 20.7 Å². The standard InChI is InChI=1S/C12H19BrN2O4S/c1-18-7-8-19-6-2-5-15-20(16,17)12-4-3-10(14)9-11(12)13/h3-4,9,15H,2,5-8,14H2,1H3. The molecule has 0 aliphatic carbocycles. The van der Waals surface area contributed by atoms with Crippen LogP contribution in [-0.4, -0.2) is 41.9 Å². The number of rotatable bonds is 9. The number of nitrogens with two attached hydrogens (primary N) is 1. The van der Waals surface area contributed by atoms with Crippen molar-refractivity contribution >= 4 is 31.6 Å². The molecule has 20 heavy (non-hydrogen) atoms. The first-order valence-electron chi connectivity index (χ1n) is 6.09. The number of benzene rings is 1. The van der Waals surface area contributed by atoms with E-state index in [1.807, 2.05) is 0 Å². The summed E-state index contributed by atoms with van der Waals surface area (Å²) in [6.45, 7) is 1.83. The third kappa shape index (κ3) is 5.76. The Morgan fingerprint density at radius 1 is 1.30 bits per heavy atom. The molecule has 0 saturated carbocycles. The fourth-order valence-electron chi connectivity index (χ4n) is 1.44. The highest BCUT2D eigenvalue weighted by Gasteiger charge is 2.16. The number of hydrogen-bond donors (Lipinski definition) is 2. The van der Waals surface area contributed by atoms with Crippen LogP contribution in [0, 0.1) is 0 Å². The first-order chi connectivity index (χ1) is 9.47. The fraction of sp³-hybridized carbons (Fsp3) is 0.500. The summed E-state index contributed by atoms with van der Waals surface area (Å²) in [4.78, 5) is 0.173. The Labute approximate surface area is 127 Å². The smallest absolute Gasteiger partial charge is 0.241 e. The van der Waals surface area contributed by atoms with E-state index >= 15 is 0 Å². The number of hydrogen-bond acceptors (Lipinski definition) is 5. The summed E-state index contributed by atoms with van der Waals surface area (Å²) < 4.78 is 37.2. The Morgan fingerprint density at radius 2 is 2.05 bits per heavy atom. The van der Waals surface area contributed by atoms with Gasteiger partial charge < -0.3 is 15.2 Å². The molecule has 0 fully saturated rings. The molecule has 0 heterocycles. The van der Waals surface area contributed by atoms with Crippen LogP contribution in [0.5, 0.6) is 0 Å². The van der Waals surface area contributed by atoms with Crippen molar-refractivity contribution in [3.8, 4) is 0 Å². The highest BCUT2D eigenvalue weighted by Crippen LogP contribution is 2.23. The van der Waals surface area contributed by atoms with Crippen LogP contribution in [0.1, 0.15) is 6.42 Å². The van der Waals surface area contributed by atoms with Gasteiger partial charge >= 0.3 is 0 Å². The maximum atomic E-state index is 12.1. The van der Waals surface area contributed by atoms with Gasteiger partial charge in [-0.1, -0.05) is 0 Å². The van der Waals surface area contributed by atoms with Gasteiger partial charge in [-0.2, -0.15) is 0 Å². The minimum absolute atomic E-state index is 0.173. The van der Waals surface area contributed by atoms with Gasteiger partial charge in [-0.25, -0.2) is 13.1 Å². The number of nitrogens with one attached hydrogen (secondary N) is 1. The van der Waals surface area contributed by atoms with Gasteiger partial charge in [-0.05, 0) is 40.5 Å². The van der Waals surface area contributed by atoms with Crippen LogP contribution in [0.3, 0.4) is 0 Å². The van der Waals surface area contributed by atoms with E-state index < -0.39 is 10.0 Å². The number of halogens is 1. The number of methoxy groups -OCH3 is 1. The molecule has 114 valence electrons. The summed E-state index contributed by atoms with van der Waals surface area (Å²) in [5.41, 5.74) is 6.08. The molecule has 0 aliphatic rings. The van der Waals surface area contributed by atoms with Crippen molar-refractivity contribution in [1.82, 2.24) is 4.72 Å². The molecule has 0 atom stereocenters. The van der Waals surface area contributed by atoms with Gasteiger partial charge in [0.2, 0.25) is 10.0 Å². The maximum absolute atomic E-state index is 12.1. The van der Waals surface area contributed by atoms with Gasteiger partial charge in [-0.3, -0.25) is 0 Å². The van der Waals surface area contributed by atoms with E-state index in [-0.39, 0.29) is 4.90 Å². The van der Waals surface area contributed by atoms with E-state index in [0.29, 0.717) is 42.9 Å². The highest BCUT2D eigenvalue weighted by atomic mass is 79.9. The Kier molecular flexibility index (Phi) is 7.46. The van der Waals surface area contributed by atoms with Gasteiger partial charge in [0.05, 0.1) is 18.1 Å². The van der Waals surface area contributed by atoms with Crippen LogP contribution in [0.25, 0.3) is 0 Å². The van der Waals surface area contributed by atoms with E-state index in [0.717, 1.165) is 0 Å². The molecule has 0 bridgehead atoms. The molecular weight excluding hydrogens is 348 g/mol. The lowest BCUT2D eigenvalue weighted by atomic mass is 10.3. The molecular formula is C12H19BrN2O4S. The van der Waals surface area contributed by atoms with Crippen LogP contribution in [-0.2, 0) is 19.5 Å². The fourth-order valence-corrected chi connectivity index (χ4v) is 3.61. The van der Waals surface area contributed by atoms with E-state index in [4.69, 9.17) is 15.2 Å². The van der Waals surface area contributed by atoms with Crippen LogP contribution >= 0.6 is 15.9 Å². The summed E-state index contributed by atoms with van der Waals surface area (Å²) in [6.07, 6.45) is 0.593. The summed E-state index contributed by atoms with van der Waals surface area (Å²) in [5, 5.41) is 0. The molecule has 3 N–H and O–H groups in total. The van der Waals surface area contributed by atoms with E-state index in [9.17, 15) is 8.42 Å². The van der Waals surface area contributed by atoms with Crippen molar-refractivity contribution < 1.29 is 17.9 Å². The Hall–Kier alpha value is -0.670. The second kappa shape index (κ2) is 8.58. The number of nitrogen functional groups attached to an aromatic ring is 1. The zero-order valence-electron chi connectivity index (χ0n) is 11.3. The van der Waals surface area contributed by atoms with Crippen LogP contribution in [0.15, 0.2) is 27.6 Å². The normalized spacial score (nSPS) is 11.7. The Balaban J connectivity index is 2.42. The lowest BCUT2D eigenvalue weighted by Crippen LogP contribution is -2.26. The first kappa shape index (κ1) is 17.4. The second-order valence-corrected chi connectivity index (χ2v) is 6.64. The van der Waals surface area contributed by atoms with Crippen molar-refractivity contribution in [2.45, 2.75) is 11.3 Å². The van der Waals surface area contributed by atoms with E-state index in [1.165, 1.54) is 6.07 Å². The summed E-state index contributed by atoms with van der Waals surface area (Å²) >= 11 is 3.20. The maximum Gasteiger partial charge on any atom is 0.241 e. The predicted molar refractivity (Wildman–Crippen MR) is 81.1 cm³/mol. The monoisotopic (exact) mass is 366 g/mol. The highest BCUT2D eigenvalue weighted by molar-refractivity contribution is 9.10. The number of anilines is 1. The van der Waals surface area contributed by atoms with Crippen molar-refractivity contribution in [1.29, 1.82) is 0 Å². The van der Waals surface area contributed by atoms with Gasteiger partial charge in [0.15, 0.2) is 0 Å². The molecule has 0 amide bonds. The van der Waals surface area contributed by atoms with Gasteiger partial charge in [-0.15, -0.1) is 0 Å². The Bertz CT molecular complexity index is 522. The minimum Gasteiger partial charge on any atom is -0.399 e. The first-order valence-corrected chi connectivity index (χ1v) is 8.36. The lowest BCUT2D eigenvalue weighted by Gasteiger charge is -2.09. The number of sulfonamides is 1. The predicted octanol–water partition coefficient (Wildman–Crippen LogP) is 1.36. The Morgan fingerprint density at radius 3 is 2.70 bits per heavy atom. The molecule has 1 aromatic carbocycles. The van der Waals surface area contributed by atoms with Crippen molar-refractivity contribution in [2.75, 3.05) is 39.2 Å². The molecule has 0 radical (unpaired) electrons. The SMILES string of the molecule is COCCOCCCNS(=O)(=O)c1ccc(N)cc1Br. The van der Waals surface area contributed by atoms with Gasteiger partial charge in [0.1, 0.15) is 0 Å². The van der Waals surface area contributed by atoms with Crippen LogP contribution < -0.4 is 10.5 Å². The largest absolute Gasteiger partial charge is 0.399 e. The molecule has 0 saturated heterocycles. The third-order valence-electron chi connectivity index (χ3n) is 2.43. The third-order valence-corrected chi connectivity index (χ3v) is 4.87.